The van der Waals surface area contributed by atoms with Crippen molar-refractivity contribution in [2.45, 2.75) is 186 Å². The average molecular weight is 942 g/mol. The van der Waals surface area contributed by atoms with Gasteiger partial charge in [0.1, 0.15) is 30.5 Å². The number of cyclic esters (lactones) is 1. The van der Waals surface area contributed by atoms with Gasteiger partial charge in [0.25, 0.3) is 11.7 Å². The molecule has 4 heterocycles. The molecule has 0 aromatic rings. The van der Waals surface area contributed by atoms with Crippen molar-refractivity contribution in [1.82, 2.24) is 4.90 Å². The SMILES string of the molecule is CO[C@H]1[C@H]2OC(=O)O[C@@H]1C(C)C=C(C)C(=O)C[C@@H]([C@H](C)C[C@@H]1CC[C@@H](O)[C@H](OC)C1)OC(=O)C1CCCCN1C(=O)C(=O)[C@]1(O)O[C@@H](CC[C@H]1C)C[C@H](OC)C(C)=CC=CC=C[C@@H](C)C[C@H]2C. The lowest BCUT2D eigenvalue weighted by Crippen LogP contribution is -2.61. The van der Waals surface area contributed by atoms with Crippen LogP contribution in [0.1, 0.15) is 126 Å². The van der Waals surface area contributed by atoms with Crippen LogP contribution < -0.4 is 0 Å². The van der Waals surface area contributed by atoms with E-state index in [1.807, 2.05) is 52.0 Å². The third kappa shape index (κ3) is 13.7. The summed E-state index contributed by atoms with van der Waals surface area (Å²) in [5.74, 6) is -6.98. The van der Waals surface area contributed by atoms with Crippen LogP contribution in [0.2, 0.25) is 0 Å². The van der Waals surface area contributed by atoms with E-state index in [4.69, 9.17) is 33.2 Å². The molecule has 0 aromatic heterocycles. The van der Waals surface area contributed by atoms with Gasteiger partial charge in [0.15, 0.2) is 5.78 Å². The second kappa shape index (κ2) is 24.7. The Morgan fingerprint density at radius 3 is 2.27 bits per heavy atom. The van der Waals surface area contributed by atoms with Crippen molar-refractivity contribution in [3.05, 3.63) is 47.6 Å². The maximum absolute atomic E-state index is 14.4. The van der Waals surface area contributed by atoms with Crippen molar-refractivity contribution in [3.8, 4) is 0 Å². The van der Waals surface area contributed by atoms with Crippen LogP contribution in [0, 0.1) is 35.5 Å². The first kappa shape index (κ1) is 54.2. The van der Waals surface area contributed by atoms with Gasteiger partial charge in [-0.1, -0.05) is 71.1 Å². The summed E-state index contributed by atoms with van der Waals surface area (Å²) in [6.07, 6.45) is 11.5. The molecule has 1 saturated carbocycles. The molecule has 1 aliphatic carbocycles. The normalized spacial score (nSPS) is 38.7. The Morgan fingerprint density at radius 1 is 0.836 bits per heavy atom. The van der Waals surface area contributed by atoms with Crippen LogP contribution in [0.5, 0.6) is 0 Å². The molecule has 4 fully saturated rings. The molecule has 2 N–H and O–H groups in total. The summed E-state index contributed by atoms with van der Waals surface area (Å²) in [4.78, 5) is 71.4. The summed E-state index contributed by atoms with van der Waals surface area (Å²) < 4.78 is 41.4. The van der Waals surface area contributed by atoms with Crippen LogP contribution in [0.3, 0.4) is 0 Å². The molecule has 0 spiro atoms. The van der Waals surface area contributed by atoms with Crippen LogP contribution in [0.15, 0.2) is 47.6 Å². The Hall–Kier alpha value is -3.73. The minimum atomic E-state index is -2.42. The van der Waals surface area contributed by atoms with Crippen LogP contribution in [0.4, 0.5) is 4.79 Å². The number of hydrogen-bond acceptors (Lipinski definition) is 14. The topological polar surface area (TPSA) is 194 Å². The Kier molecular flexibility index (Phi) is 20.0. The van der Waals surface area contributed by atoms with Gasteiger partial charge in [-0.25, -0.2) is 9.59 Å². The predicted molar refractivity (Wildman–Crippen MR) is 249 cm³/mol. The summed E-state index contributed by atoms with van der Waals surface area (Å²) in [5, 5.41) is 22.5. The molecule has 1 amide bonds. The number of rotatable bonds is 6. The van der Waals surface area contributed by atoms with Crippen molar-refractivity contribution < 1.29 is 67.3 Å². The molecule has 16 atom stereocenters. The van der Waals surface area contributed by atoms with Gasteiger partial charge < -0.3 is 48.3 Å². The molecule has 2 unspecified atom stereocenters. The number of ether oxygens (including phenoxy) is 7. The van der Waals surface area contributed by atoms with Crippen LogP contribution in [-0.2, 0) is 52.3 Å². The summed E-state index contributed by atoms with van der Waals surface area (Å²) >= 11 is 0. The van der Waals surface area contributed by atoms with Crippen LogP contribution >= 0.6 is 0 Å². The lowest BCUT2D eigenvalue weighted by atomic mass is 9.78. The van der Waals surface area contributed by atoms with Crippen molar-refractivity contribution in [2.24, 2.45) is 35.5 Å². The van der Waals surface area contributed by atoms with E-state index in [1.54, 1.807) is 41.3 Å². The number of aliphatic hydroxyl groups excluding tert-OH is 1. The Labute approximate surface area is 398 Å². The molecule has 5 rings (SSSR count). The molecule has 15 nitrogen and oxygen atoms in total. The van der Waals surface area contributed by atoms with E-state index in [-0.39, 0.29) is 54.9 Å². The lowest BCUT2D eigenvalue weighted by Gasteiger charge is -2.42. The average Bonchev–Trinajstić information content (AvgIpc) is 3.30. The van der Waals surface area contributed by atoms with Gasteiger partial charge in [0.05, 0.1) is 24.4 Å². The molecule has 376 valence electrons. The fraction of sp³-hybridized carbons (Fsp3) is 0.750. The number of hydrogen-bond donors (Lipinski definition) is 2. The third-order valence-electron chi connectivity index (χ3n) is 15.1. The fourth-order valence-electron chi connectivity index (χ4n) is 10.9. The number of piperidine rings is 1. The number of Topliss-reactive ketones (excluding diaryl/α,β-unsaturated/α-hetero) is 2. The van der Waals surface area contributed by atoms with Crippen LogP contribution in [-0.4, -0.2) is 133 Å². The monoisotopic (exact) mass is 942 g/mol. The van der Waals surface area contributed by atoms with E-state index in [2.05, 4.69) is 13.0 Å². The Balaban J connectivity index is 1.49. The first-order valence-electron chi connectivity index (χ1n) is 24.6. The molecule has 15 heteroatoms. The van der Waals surface area contributed by atoms with Gasteiger partial charge in [-0.15, -0.1) is 0 Å². The summed E-state index contributed by atoms with van der Waals surface area (Å²) in [6, 6.07) is -1.13. The molecular weight excluding hydrogens is 863 g/mol. The largest absolute Gasteiger partial charge is 0.509 e. The van der Waals surface area contributed by atoms with E-state index < -0.39 is 90.2 Å². The van der Waals surface area contributed by atoms with Gasteiger partial charge in [0, 0.05) is 52.6 Å². The summed E-state index contributed by atoms with van der Waals surface area (Å²) in [7, 11) is 4.71. The lowest BCUT2D eigenvalue weighted by molar-refractivity contribution is -0.265. The molecule has 67 heavy (non-hydrogen) atoms. The number of esters is 1. The maximum Gasteiger partial charge on any atom is 0.509 e. The number of allylic oxidation sites excluding steroid dienone is 6. The molecule has 5 aliphatic rings. The van der Waals surface area contributed by atoms with E-state index in [1.165, 1.54) is 4.90 Å². The van der Waals surface area contributed by atoms with E-state index >= 15 is 0 Å². The van der Waals surface area contributed by atoms with Gasteiger partial charge in [-0.2, -0.15) is 0 Å². The number of amides is 1. The predicted octanol–water partition coefficient (Wildman–Crippen LogP) is 7.15. The van der Waals surface area contributed by atoms with Gasteiger partial charge in [-0.05, 0) is 113 Å². The highest BCUT2D eigenvalue weighted by Gasteiger charge is 2.53. The summed E-state index contributed by atoms with van der Waals surface area (Å²) in [6.45, 7) is 13.3. The van der Waals surface area contributed by atoms with E-state index in [9.17, 15) is 34.2 Å². The second-order valence-electron chi connectivity index (χ2n) is 20.2. The molecule has 4 bridgehead atoms. The zero-order valence-electron chi connectivity index (χ0n) is 41.6. The molecule has 3 saturated heterocycles. The smallest absolute Gasteiger partial charge is 0.460 e. The van der Waals surface area contributed by atoms with Gasteiger partial charge >= 0.3 is 12.1 Å². The van der Waals surface area contributed by atoms with Gasteiger partial charge in [-0.3, -0.25) is 14.4 Å². The van der Waals surface area contributed by atoms with Crippen LogP contribution in [0.25, 0.3) is 0 Å². The highest BCUT2D eigenvalue weighted by atomic mass is 16.8. The number of ketones is 2. The number of aliphatic hydroxyl groups is 2. The number of nitrogens with zero attached hydrogens (tertiary/aromatic N) is 1. The van der Waals surface area contributed by atoms with E-state index in [0.29, 0.717) is 63.4 Å². The maximum atomic E-state index is 14.4. The number of carbonyl (C=O) groups excluding carboxylic acids is 5. The first-order chi connectivity index (χ1) is 31.8. The zero-order valence-corrected chi connectivity index (χ0v) is 41.6. The fourth-order valence-corrected chi connectivity index (χ4v) is 10.9. The Bertz CT molecular complexity index is 1840. The zero-order chi connectivity index (χ0) is 49.2. The third-order valence-corrected chi connectivity index (χ3v) is 15.1. The first-order valence-corrected chi connectivity index (χ1v) is 24.6. The van der Waals surface area contributed by atoms with Gasteiger partial charge in [0.2, 0.25) is 5.79 Å². The molecular formula is C52H79NO14. The van der Waals surface area contributed by atoms with Crippen molar-refractivity contribution in [1.29, 1.82) is 0 Å². The summed E-state index contributed by atoms with van der Waals surface area (Å²) in [5.41, 5.74) is 1.28. The van der Waals surface area contributed by atoms with Crippen molar-refractivity contribution in [3.63, 3.8) is 0 Å². The number of carbonyl (C=O) groups is 5. The number of fused-ring (bicyclic) bond motifs is 5. The standard InChI is InChI=1S/C52H79NO14/c1-30-16-12-11-13-17-31(2)42(61-8)28-38-21-19-36(7)52(60,67-38)48(56)49(57)53-23-15-14-18-39(53)50(58)64-43(33(4)26-37-20-22-40(54)44(27-37)62-9)29-41(55)32(3)25-35(6)46-47(63-10)45(34(5)24-30)65-51(59)66-46/h11-13,16-17,25,30,33-40,42-47,54,60H,14-15,18-24,26-29H2,1-10H3/t30-,33-,34-,35?,36-,37+,38+,39?,40-,42+,43+,44-,45+,46-,47+,52-/m1/s1. The highest BCUT2D eigenvalue weighted by Crippen LogP contribution is 2.38. The quantitative estimate of drug-likeness (QED) is 0.201. The molecule has 4 aliphatic heterocycles. The Morgan fingerprint density at radius 2 is 1.57 bits per heavy atom. The number of methoxy groups -OCH3 is 3. The minimum Gasteiger partial charge on any atom is -0.460 e. The van der Waals surface area contributed by atoms with Crippen molar-refractivity contribution in [2.75, 3.05) is 27.9 Å². The second-order valence-corrected chi connectivity index (χ2v) is 20.2. The molecule has 0 aromatic carbocycles. The molecule has 0 radical (unpaired) electrons. The van der Waals surface area contributed by atoms with Crippen molar-refractivity contribution >= 4 is 29.6 Å². The minimum absolute atomic E-state index is 0.0934. The van der Waals surface area contributed by atoms with E-state index in [0.717, 1.165) is 12.0 Å². The highest BCUT2D eigenvalue weighted by molar-refractivity contribution is 6.39.